The molecule has 0 aliphatic rings. The first-order valence-corrected chi connectivity index (χ1v) is 6.83. The van der Waals surface area contributed by atoms with E-state index in [9.17, 15) is 5.11 Å². The molecule has 108 valence electrons. The van der Waals surface area contributed by atoms with E-state index in [1.807, 2.05) is 37.3 Å². The molecule has 0 saturated carbocycles. The average Bonchev–Trinajstić information content (AvgIpc) is 2.41. The summed E-state index contributed by atoms with van der Waals surface area (Å²) in [7, 11) is 0. The zero-order chi connectivity index (χ0) is 14.1. The third kappa shape index (κ3) is 7.28. The lowest BCUT2D eigenvalue weighted by Gasteiger charge is -2.17. The quantitative estimate of drug-likeness (QED) is 0.593. The van der Waals surface area contributed by atoms with E-state index >= 15 is 0 Å². The molecule has 0 aliphatic heterocycles. The summed E-state index contributed by atoms with van der Waals surface area (Å²) >= 11 is 0. The van der Waals surface area contributed by atoms with Gasteiger partial charge in [-0.3, -0.25) is 0 Å². The van der Waals surface area contributed by atoms with E-state index in [-0.39, 0.29) is 12.2 Å². The largest absolute Gasteiger partial charge is 0.393 e. The van der Waals surface area contributed by atoms with E-state index in [0.717, 1.165) is 5.56 Å². The Morgan fingerprint density at radius 1 is 1.16 bits per heavy atom. The maximum atomic E-state index is 9.76. The number of hydrogen-bond acceptors (Lipinski definition) is 4. The van der Waals surface area contributed by atoms with E-state index in [1.54, 1.807) is 6.92 Å². The van der Waals surface area contributed by atoms with Crippen LogP contribution >= 0.6 is 0 Å². The van der Waals surface area contributed by atoms with Crippen molar-refractivity contribution in [2.75, 3.05) is 19.7 Å². The van der Waals surface area contributed by atoms with Gasteiger partial charge in [0, 0.05) is 6.54 Å². The number of aliphatic hydroxyl groups is 2. The molecule has 0 bridgehead atoms. The van der Waals surface area contributed by atoms with Crippen molar-refractivity contribution in [3.8, 4) is 0 Å². The van der Waals surface area contributed by atoms with Gasteiger partial charge < -0.3 is 20.3 Å². The lowest BCUT2D eigenvalue weighted by atomic mass is 10.1. The second kappa shape index (κ2) is 9.04. The van der Waals surface area contributed by atoms with Crippen molar-refractivity contribution >= 4 is 0 Å². The Kier molecular flexibility index (Phi) is 7.67. The highest BCUT2D eigenvalue weighted by Gasteiger charge is 2.09. The molecule has 1 aromatic carbocycles. The highest BCUT2D eigenvalue weighted by Crippen LogP contribution is 2.15. The highest BCUT2D eigenvalue weighted by atomic mass is 16.5. The van der Waals surface area contributed by atoms with Crippen molar-refractivity contribution in [2.24, 2.45) is 0 Å². The van der Waals surface area contributed by atoms with E-state index in [0.29, 0.717) is 26.1 Å². The van der Waals surface area contributed by atoms with Crippen LogP contribution in [-0.2, 0) is 4.74 Å². The summed E-state index contributed by atoms with van der Waals surface area (Å²) in [6, 6.07) is 9.94. The molecule has 1 aromatic rings. The van der Waals surface area contributed by atoms with Crippen LogP contribution in [0.4, 0.5) is 0 Å². The lowest BCUT2D eigenvalue weighted by molar-refractivity contribution is -0.00217. The Hall–Kier alpha value is -0.940. The van der Waals surface area contributed by atoms with Crippen molar-refractivity contribution < 1.29 is 14.9 Å². The first kappa shape index (κ1) is 16.1. The fourth-order valence-corrected chi connectivity index (χ4v) is 1.71. The van der Waals surface area contributed by atoms with Gasteiger partial charge in [0.2, 0.25) is 0 Å². The minimum Gasteiger partial charge on any atom is -0.393 e. The summed E-state index contributed by atoms with van der Waals surface area (Å²) in [6.07, 6.45) is -0.166. The average molecular weight is 267 g/mol. The van der Waals surface area contributed by atoms with Gasteiger partial charge >= 0.3 is 0 Å². The van der Waals surface area contributed by atoms with Crippen LogP contribution in [0.3, 0.4) is 0 Å². The van der Waals surface area contributed by atoms with E-state index in [1.165, 1.54) is 0 Å². The van der Waals surface area contributed by atoms with Crippen molar-refractivity contribution in [3.05, 3.63) is 35.9 Å². The molecule has 0 fully saturated rings. The Labute approximate surface area is 115 Å². The lowest BCUT2D eigenvalue weighted by Crippen LogP contribution is -2.32. The number of aliphatic hydroxyl groups excluding tert-OH is 2. The van der Waals surface area contributed by atoms with Gasteiger partial charge in [-0.25, -0.2) is 0 Å². The normalized spacial score (nSPS) is 16.0. The van der Waals surface area contributed by atoms with Crippen LogP contribution in [0, 0.1) is 0 Å². The molecule has 0 heterocycles. The van der Waals surface area contributed by atoms with Crippen molar-refractivity contribution in [1.29, 1.82) is 0 Å². The van der Waals surface area contributed by atoms with Crippen LogP contribution in [0.2, 0.25) is 0 Å². The molecule has 0 amide bonds. The van der Waals surface area contributed by atoms with Gasteiger partial charge in [0.05, 0.1) is 24.9 Å². The van der Waals surface area contributed by atoms with Crippen LogP contribution < -0.4 is 5.32 Å². The third-order valence-corrected chi connectivity index (χ3v) is 2.93. The van der Waals surface area contributed by atoms with Gasteiger partial charge in [-0.1, -0.05) is 30.3 Å². The van der Waals surface area contributed by atoms with Gasteiger partial charge in [-0.15, -0.1) is 0 Å². The molecule has 4 nitrogen and oxygen atoms in total. The minimum atomic E-state index is -0.528. The molecule has 3 N–H and O–H groups in total. The van der Waals surface area contributed by atoms with Crippen LogP contribution in [0.1, 0.15) is 31.9 Å². The molecule has 0 radical (unpaired) electrons. The molecule has 3 unspecified atom stereocenters. The zero-order valence-electron chi connectivity index (χ0n) is 11.7. The SMILES string of the molecule is CC(O)CCNCC(O)COC(C)c1ccccc1. The van der Waals surface area contributed by atoms with Crippen LogP contribution in [-0.4, -0.2) is 42.1 Å². The second-order valence-corrected chi connectivity index (χ2v) is 4.88. The molecule has 1 rings (SSSR count). The number of nitrogens with one attached hydrogen (secondary N) is 1. The standard InChI is InChI=1S/C15H25NO3/c1-12(17)8-9-16-10-15(18)11-19-13(2)14-6-4-3-5-7-14/h3-7,12-13,15-18H,8-11H2,1-2H3. The highest BCUT2D eigenvalue weighted by molar-refractivity contribution is 5.16. The van der Waals surface area contributed by atoms with Crippen molar-refractivity contribution in [3.63, 3.8) is 0 Å². The summed E-state index contributed by atoms with van der Waals surface area (Å²) in [5.41, 5.74) is 1.11. The predicted molar refractivity (Wildman–Crippen MR) is 76.0 cm³/mol. The number of rotatable bonds is 9. The molecule has 0 spiro atoms. The van der Waals surface area contributed by atoms with Gasteiger partial charge in [0.15, 0.2) is 0 Å². The van der Waals surface area contributed by atoms with Crippen molar-refractivity contribution in [1.82, 2.24) is 5.32 Å². The Morgan fingerprint density at radius 3 is 2.47 bits per heavy atom. The van der Waals surface area contributed by atoms with E-state index < -0.39 is 6.10 Å². The maximum Gasteiger partial charge on any atom is 0.0897 e. The zero-order valence-corrected chi connectivity index (χ0v) is 11.7. The van der Waals surface area contributed by atoms with Crippen LogP contribution in [0.15, 0.2) is 30.3 Å². The van der Waals surface area contributed by atoms with Gasteiger partial charge in [-0.2, -0.15) is 0 Å². The van der Waals surface area contributed by atoms with E-state index in [4.69, 9.17) is 9.84 Å². The van der Waals surface area contributed by atoms with Crippen LogP contribution in [0.25, 0.3) is 0 Å². The molecule has 19 heavy (non-hydrogen) atoms. The molecule has 0 aliphatic carbocycles. The molecule has 4 heteroatoms. The first-order chi connectivity index (χ1) is 9.09. The fraction of sp³-hybridized carbons (Fsp3) is 0.600. The summed E-state index contributed by atoms with van der Waals surface area (Å²) in [5, 5.41) is 21.9. The third-order valence-electron chi connectivity index (χ3n) is 2.93. The summed E-state index contributed by atoms with van der Waals surface area (Å²) in [6.45, 7) is 5.21. The smallest absolute Gasteiger partial charge is 0.0897 e. The maximum absolute atomic E-state index is 9.76. The minimum absolute atomic E-state index is 0.0201. The predicted octanol–water partition coefficient (Wildman–Crippen LogP) is 1.49. The summed E-state index contributed by atoms with van der Waals surface area (Å²) < 4.78 is 5.63. The van der Waals surface area contributed by atoms with Gasteiger partial charge in [0.25, 0.3) is 0 Å². The van der Waals surface area contributed by atoms with E-state index in [2.05, 4.69) is 5.32 Å². The molecular weight excluding hydrogens is 242 g/mol. The Bertz CT molecular complexity index is 329. The Morgan fingerprint density at radius 2 is 1.84 bits per heavy atom. The molecule has 3 atom stereocenters. The van der Waals surface area contributed by atoms with Crippen LogP contribution in [0.5, 0.6) is 0 Å². The second-order valence-electron chi connectivity index (χ2n) is 4.88. The number of ether oxygens (including phenoxy) is 1. The van der Waals surface area contributed by atoms with Gasteiger partial charge in [-0.05, 0) is 32.4 Å². The number of hydrogen-bond donors (Lipinski definition) is 3. The summed E-state index contributed by atoms with van der Waals surface area (Å²) in [4.78, 5) is 0. The van der Waals surface area contributed by atoms with Crippen molar-refractivity contribution in [2.45, 2.75) is 38.6 Å². The topological polar surface area (TPSA) is 61.7 Å². The Balaban J connectivity index is 2.14. The monoisotopic (exact) mass is 267 g/mol. The van der Waals surface area contributed by atoms with Gasteiger partial charge in [0.1, 0.15) is 0 Å². The molecule has 0 saturated heterocycles. The number of benzene rings is 1. The molecule has 0 aromatic heterocycles. The fourth-order valence-electron chi connectivity index (χ4n) is 1.71. The molecular formula is C15H25NO3. The summed E-state index contributed by atoms with van der Waals surface area (Å²) in [5.74, 6) is 0. The first-order valence-electron chi connectivity index (χ1n) is 6.83.